The Labute approximate surface area is 127 Å². The second-order valence-corrected chi connectivity index (χ2v) is 5.40. The van der Waals surface area contributed by atoms with Crippen LogP contribution in [0.3, 0.4) is 0 Å². The van der Waals surface area contributed by atoms with Crippen molar-refractivity contribution in [3.8, 4) is 0 Å². The first kappa shape index (κ1) is 14.7. The summed E-state index contributed by atoms with van der Waals surface area (Å²) in [6.45, 7) is -0.116. The average Bonchev–Trinajstić information content (AvgIpc) is 2.97. The predicted octanol–water partition coefficient (Wildman–Crippen LogP) is 1.51. The number of methoxy groups -OCH3 is 1. The zero-order chi connectivity index (χ0) is 15.5. The number of nitrogens with zero attached hydrogens (tertiary/aromatic N) is 2. The highest BCUT2D eigenvalue weighted by Crippen LogP contribution is 2.24. The quantitative estimate of drug-likeness (QED) is 0.801. The van der Waals surface area contributed by atoms with Crippen molar-refractivity contribution in [2.75, 3.05) is 7.11 Å². The maximum atomic E-state index is 12.2. The number of hydrogen-bond acceptors (Lipinski definition) is 5. The molecule has 2 atom stereocenters. The van der Waals surface area contributed by atoms with Gasteiger partial charge in [0.25, 0.3) is 5.56 Å². The molecule has 0 radical (unpaired) electrons. The van der Waals surface area contributed by atoms with Crippen LogP contribution in [0.15, 0.2) is 35.3 Å². The minimum Gasteiger partial charge on any atom is -0.458 e. The summed E-state index contributed by atoms with van der Waals surface area (Å²) in [6.07, 6.45) is 3.64. The van der Waals surface area contributed by atoms with Crippen LogP contribution in [-0.2, 0) is 20.8 Å². The van der Waals surface area contributed by atoms with Gasteiger partial charge in [-0.25, -0.2) is 4.98 Å². The van der Waals surface area contributed by atoms with Crippen molar-refractivity contribution in [1.82, 2.24) is 9.55 Å². The van der Waals surface area contributed by atoms with Crippen molar-refractivity contribution in [2.45, 2.75) is 38.0 Å². The molecule has 1 aliphatic carbocycles. The largest absolute Gasteiger partial charge is 0.458 e. The van der Waals surface area contributed by atoms with Gasteiger partial charge in [0.1, 0.15) is 12.6 Å². The minimum absolute atomic E-state index is 0.0464. The molecule has 1 aromatic carbocycles. The number of rotatable bonds is 4. The van der Waals surface area contributed by atoms with Gasteiger partial charge in [0.2, 0.25) is 0 Å². The van der Waals surface area contributed by atoms with E-state index in [0.29, 0.717) is 11.0 Å². The molecule has 1 aromatic heterocycles. The molecule has 1 fully saturated rings. The van der Waals surface area contributed by atoms with Crippen LogP contribution in [0.25, 0.3) is 11.0 Å². The number of para-hydroxylation sites is 2. The molecule has 1 aliphatic rings. The van der Waals surface area contributed by atoms with E-state index in [1.165, 1.54) is 10.8 Å². The molecule has 1 saturated carbocycles. The summed E-state index contributed by atoms with van der Waals surface area (Å²) < 4.78 is 12.2. The molecule has 0 spiro atoms. The Morgan fingerprint density at radius 3 is 2.91 bits per heavy atom. The van der Waals surface area contributed by atoms with Crippen LogP contribution in [0.2, 0.25) is 0 Å². The van der Waals surface area contributed by atoms with Crippen LogP contribution in [0.4, 0.5) is 0 Å². The molecule has 116 valence electrons. The molecule has 0 bridgehead atoms. The van der Waals surface area contributed by atoms with Gasteiger partial charge in [0.15, 0.2) is 0 Å². The van der Waals surface area contributed by atoms with Crippen molar-refractivity contribution in [2.24, 2.45) is 0 Å². The minimum atomic E-state index is -0.424. The predicted molar refractivity (Wildman–Crippen MR) is 80.5 cm³/mol. The smallest absolute Gasteiger partial charge is 0.326 e. The molecule has 0 N–H and O–H groups in total. The maximum Gasteiger partial charge on any atom is 0.326 e. The number of carbonyl (C=O) groups excluding carboxylic acids is 1. The fourth-order valence-electron chi connectivity index (χ4n) is 2.91. The summed E-state index contributed by atoms with van der Waals surface area (Å²) in [5, 5.41) is 0. The van der Waals surface area contributed by atoms with Gasteiger partial charge < -0.3 is 9.47 Å². The van der Waals surface area contributed by atoms with E-state index in [1.54, 1.807) is 19.2 Å². The maximum absolute atomic E-state index is 12.2. The molecule has 6 nitrogen and oxygen atoms in total. The highest BCUT2D eigenvalue weighted by Gasteiger charge is 2.30. The molecule has 22 heavy (non-hydrogen) atoms. The third kappa shape index (κ3) is 2.87. The Hall–Kier alpha value is -2.21. The molecular formula is C16H18N2O4. The lowest BCUT2D eigenvalue weighted by Crippen LogP contribution is -2.31. The summed E-state index contributed by atoms with van der Waals surface area (Å²) in [5.41, 5.74) is 0.984. The molecule has 0 aliphatic heterocycles. The highest BCUT2D eigenvalue weighted by molar-refractivity contribution is 5.77. The molecule has 1 heterocycles. The van der Waals surface area contributed by atoms with Gasteiger partial charge in [-0.05, 0) is 31.4 Å². The monoisotopic (exact) mass is 302 g/mol. The highest BCUT2D eigenvalue weighted by atomic mass is 16.6. The van der Waals surface area contributed by atoms with Crippen LogP contribution in [0.1, 0.15) is 19.3 Å². The van der Waals surface area contributed by atoms with Gasteiger partial charge in [0, 0.05) is 7.11 Å². The summed E-state index contributed by atoms with van der Waals surface area (Å²) in [6, 6.07) is 7.21. The number of benzene rings is 1. The zero-order valence-corrected chi connectivity index (χ0v) is 12.4. The van der Waals surface area contributed by atoms with Crippen molar-refractivity contribution >= 4 is 17.0 Å². The molecule has 6 heteroatoms. The first-order chi connectivity index (χ1) is 10.7. The molecule has 2 unspecified atom stereocenters. The SMILES string of the molecule is COC1CCCC1OC(=O)Cn1c(=O)cnc2ccccc21. The Morgan fingerprint density at radius 2 is 2.09 bits per heavy atom. The fraction of sp³-hybridized carbons (Fsp3) is 0.438. The fourth-order valence-corrected chi connectivity index (χ4v) is 2.91. The van der Waals surface area contributed by atoms with Crippen molar-refractivity contribution in [1.29, 1.82) is 0 Å². The lowest BCUT2D eigenvalue weighted by atomic mass is 10.2. The summed E-state index contributed by atoms with van der Waals surface area (Å²) in [5.74, 6) is -0.424. The van der Waals surface area contributed by atoms with E-state index >= 15 is 0 Å². The van der Waals surface area contributed by atoms with E-state index in [9.17, 15) is 9.59 Å². The van der Waals surface area contributed by atoms with E-state index in [1.807, 2.05) is 12.1 Å². The summed E-state index contributed by atoms with van der Waals surface area (Å²) in [4.78, 5) is 28.2. The number of hydrogen-bond donors (Lipinski definition) is 0. The van der Waals surface area contributed by atoms with Crippen LogP contribution < -0.4 is 5.56 Å². The third-order valence-electron chi connectivity index (χ3n) is 4.02. The topological polar surface area (TPSA) is 70.4 Å². The van der Waals surface area contributed by atoms with Crippen LogP contribution >= 0.6 is 0 Å². The van der Waals surface area contributed by atoms with E-state index in [0.717, 1.165) is 19.3 Å². The Morgan fingerprint density at radius 1 is 1.32 bits per heavy atom. The van der Waals surface area contributed by atoms with Gasteiger partial charge in [0.05, 0.1) is 23.3 Å². The molecule has 0 saturated heterocycles. The van der Waals surface area contributed by atoms with E-state index in [2.05, 4.69) is 4.98 Å². The third-order valence-corrected chi connectivity index (χ3v) is 4.02. The molecule has 0 amide bonds. The van der Waals surface area contributed by atoms with Gasteiger partial charge in [-0.1, -0.05) is 12.1 Å². The van der Waals surface area contributed by atoms with Gasteiger partial charge >= 0.3 is 5.97 Å². The Kier molecular flexibility index (Phi) is 4.20. The first-order valence-corrected chi connectivity index (χ1v) is 7.36. The first-order valence-electron chi connectivity index (χ1n) is 7.36. The van der Waals surface area contributed by atoms with Gasteiger partial charge in [-0.3, -0.25) is 14.2 Å². The number of ether oxygens (including phenoxy) is 2. The van der Waals surface area contributed by atoms with Crippen LogP contribution in [-0.4, -0.2) is 34.8 Å². The standard InChI is InChI=1S/C16H18N2O4/c1-21-13-7-4-8-14(13)22-16(20)10-18-12-6-3-2-5-11(12)17-9-15(18)19/h2-3,5-6,9,13-14H,4,7-8,10H2,1H3. The van der Waals surface area contributed by atoms with Crippen LogP contribution in [0, 0.1) is 0 Å². The van der Waals surface area contributed by atoms with Gasteiger partial charge in [-0.15, -0.1) is 0 Å². The van der Waals surface area contributed by atoms with Gasteiger partial charge in [-0.2, -0.15) is 0 Å². The molecule has 3 rings (SSSR count). The van der Waals surface area contributed by atoms with Crippen molar-refractivity contribution in [3.63, 3.8) is 0 Å². The molecule has 2 aromatic rings. The lowest BCUT2D eigenvalue weighted by molar-refractivity contribution is -0.155. The normalized spacial score (nSPS) is 21.1. The summed E-state index contributed by atoms with van der Waals surface area (Å²) >= 11 is 0. The Bertz CT molecular complexity index is 740. The van der Waals surface area contributed by atoms with Crippen molar-refractivity contribution in [3.05, 3.63) is 40.8 Å². The Balaban J connectivity index is 1.79. The van der Waals surface area contributed by atoms with E-state index in [-0.39, 0.29) is 24.3 Å². The average molecular weight is 302 g/mol. The van der Waals surface area contributed by atoms with Crippen molar-refractivity contribution < 1.29 is 14.3 Å². The number of fused-ring (bicyclic) bond motifs is 1. The number of esters is 1. The zero-order valence-electron chi connectivity index (χ0n) is 12.4. The lowest BCUT2D eigenvalue weighted by Gasteiger charge is -2.19. The van der Waals surface area contributed by atoms with E-state index in [4.69, 9.17) is 9.47 Å². The molecular weight excluding hydrogens is 284 g/mol. The second kappa shape index (κ2) is 6.27. The van der Waals surface area contributed by atoms with E-state index < -0.39 is 5.97 Å². The van der Waals surface area contributed by atoms with Crippen LogP contribution in [0.5, 0.6) is 0 Å². The summed E-state index contributed by atoms with van der Waals surface area (Å²) in [7, 11) is 1.62. The number of carbonyl (C=O) groups is 1. The second-order valence-electron chi connectivity index (χ2n) is 5.40. The number of aromatic nitrogens is 2.